The number of hydrogen-bond acceptors (Lipinski definition) is 3. The van der Waals surface area contributed by atoms with Gasteiger partial charge in [0.25, 0.3) is 0 Å². The zero-order valence-electron chi connectivity index (χ0n) is 7.68. The molecule has 0 spiro atoms. The van der Waals surface area contributed by atoms with Crippen LogP contribution in [0, 0.1) is 0 Å². The van der Waals surface area contributed by atoms with Gasteiger partial charge in [-0.15, -0.1) is 11.3 Å². The van der Waals surface area contributed by atoms with Crippen LogP contribution in [-0.2, 0) is 6.42 Å². The molecule has 0 amide bonds. The van der Waals surface area contributed by atoms with E-state index in [2.05, 4.69) is 22.0 Å². The molecule has 1 aromatic heterocycles. The average Bonchev–Trinajstić information content (AvgIpc) is 2.47. The van der Waals surface area contributed by atoms with E-state index in [1.165, 1.54) is 4.88 Å². The van der Waals surface area contributed by atoms with Crippen LogP contribution in [0.3, 0.4) is 0 Å². The van der Waals surface area contributed by atoms with Crippen LogP contribution < -0.4 is 10.5 Å². The molecule has 1 aromatic rings. The third-order valence-electron chi connectivity index (χ3n) is 1.77. The summed E-state index contributed by atoms with van der Waals surface area (Å²) in [5, 5.41) is 0.961. The summed E-state index contributed by atoms with van der Waals surface area (Å²) in [4.78, 5) is 1.36. The summed E-state index contributed by atoms with van der Waals surface area (Å²) in [5.41, 5.74) is 5.42. The van der Waals surface area contributed by atoms with E-state index in [1.807, 2.05) is 0 Å². The molecule has 4 heteroatoms. The summed E-state index contributed by atoms with van der Waals surface area (Å²) >= 11 is 5.15. The number of unbranched alkanes of at least 4 members (excludes halogenated alkanes) is 1. The Kier molecular flexibility index (Phi) is 4.77. The number of aryl methyl sites for hydroxylation is 1. The minimum Gasteiger partial charge on any atom is -0.486 e. The number of rotatable bonds is 5. The molecule has 13 heavy (non-hydrogen) atoms. The molecule has 2 nitrogen and oxygen atoms in total. The second-order valence-corrected chi connectivity index (χ2v) is 4.75. The molecule has 0 aliphatic heterocycles. The lowest BCUT2D eigenvalue weighted by molar-refractivity contribution is 0.425. The molecule has 0 saturated carbocycles. The van der Waals surface area contributed by atoms with Crippen LogP contribution in [0.15, 0.2) is 10.5 Å². The van der Waals surface area contributed by atoms with Crippen molar-refractivity contribution in [2.24, 2.45) is 5.73 Å². The molecule has 0 aliphatic rings. The Morgan fingerprint density at radius 2 is 2.31 bits per heavy atom. The lowest BCUT2D eigenvalue weighted by atomic mass is 10.2. The van der Waals surface area contributed by atoms with Gasteiger partial charge in [0.2, 0.25) is 0 Å². The Morgan fingerprint density at radius 3 is 2.85 bits per heavy atom. The van der Waals surface area contributed by atoms with Gasteiger partial charge in [-0.2, -0.15) is 0 Å². The van der Waals surface area contributed by atoms with Crippen LogP contribution in [0.25, 0.3) is 0 Å². The van der Waals surface area contributed by atoms with E-state index in [-0.39, 0.29) is 0 Å². The Labute approximate surface area is 91.2 Å². The number of halogens is 1. The number of ether oxygens (including phenoxy) is 1. The predicted octanol–water partition coefficient (Wildman–Crippen LogP) is 2.80. The van der Waals surface area contributed by atoms with E-state index in [9.17, 15) is 0 Å². The quantitative estimate of drug-likeness (QED) is 0.830. The SMILES string of the molecule is COc1sc(CCCCN)cc1Br. The molecule has 0 saturated heterocycles. The van der Waals surface area contributed by atoms with Gasteiger partial charge in [-0.05, 0) is 47.8 Å². The molecule has 0 atom stereocenters. The largest absolute Gasteiger partial charge is 0.486 e. The third-order valence-corrected chi connectivity index (χ3v) is 3.78. The summed E-state index contributed by atoms with van der Waals surface area (Å²) < 4.78 is 6.24. The summed E-state index contributed by atoms with van der Waals surface area (Å²) in [6, 6.07) is 2.13. The molecule has 0 radical (unpaired) electrons. The minimum atomic E-state index is 0.781. The Morgan fingerprint density at radius 1 is 1.54 bits per heavy atom. The van der Waals surface area contributed by atoms with E-state index in [4.69, 9.17) is 10.5 Å². The Hall–Kier alpha value is -0.0600. The first-order chi connectivity index (χ1) is 6.27. The molecule has 1 rings (SSSR count). The second-order valence-electron chi connectivity index (χ2n) is 2.80. The summed E-state index contributed by atoms with van der Waals surface area (Å²) in [6.07, 6.45) is 3.36. The topological polar surface area (TPSA) is 35.2 Å². The standard InChI is InChI=1S/C9H14BrNOS/c1-12-9-8(10)6-7(13-9)4-2-3-5-11/h6H,2-5,11H2,1H3. The zero-order chi connectivity index (χ0) is 9.68. The first kappa shape index (κ1) is 11.0. The lowest BCUT2D eigenvalue weighted by Gasteiger charge is -1.94. The van der Waals surface area contributed by atoms with Gasteiger partial charge in [-0.3, -0.25) is 0 Å². The normalized spacial score (nSPS) is 10.4. The van der Waals surface area contributed by atoms with Crippen LogP contribution in [0.5, 0.6) is 5.06 Å². The fourth-order valence-corrected chi connectivity index (χ4v) is 2.84. The van der Waals surface area contributed by atoms with Crippen molar-refractivity contribution in [3.8, 4) is 5.06 Å². The highest BCUT2D eigenvalue weighted by atomic mass is 79.9. The minimum absolute atomic E-state index is 0.781. The van der Waals surface area contributed by atoms with Crippen LogP contribution in [0.4, 0.5) is 0 Å². The smallest absolute Gasteiger partial charge is 0.188 e. The van der Waals surface area contributed by atoms with Crippen molar-refractivity contribution in [2.75, 3.05) is 13.7 Å². The van der Waals surface area contributed by atoms with Crippen LogP contribution in [0.1, 0.15) is 17.7 Å². The van der Waals surface area contributed by atoms with Gasteiger partial charge >= 0.3 is 0 Å². The number of hydrogen-bond donors (Lipinski definition) is 1. The van der Waals surface area contributed by atoms with Crippen molar-refractivity contribution in [1.82, 2.24) is 0 Å². The maximum absolute atomic E-state index is 5.42. The van der Waals surface area contributed by atoms with E-state index < -0.39 is 0 Å². The molecular weight excluding hydrogens is 250 g/mol. The second kappa shape index (κ2) is 5.62. The van der Waals surface area contributed by atoms with Crippen LogP contribution in [0.2, 0.25) is 0 Å². The van der Waals surface area contributed by atoms with Gasteiger partial charge in [0.1, 0.15) is 0 Å². The van der Waals surface area contributed by atoms with Crippen molar-refractivity contribution in [3.05, 3.63) is 15.4 Å². The van der Waals surface area contributed by atoms with E-state index in [0.29, 0.717) is 0 Å². The highest BCUT2D eigenvalue weighted by Gasteiger charge is 2.05. The molecule has 2 N–H and O–H groups in total. The van der Waals surface area contributed by atoms with Gasteiger partial charge < -0.3 is 10.5 Å². The average molecular weight is 264 g/mol. The van der Waals surface area contributed by atoms with Crippen molar-refractivity contribution in [1.29, 1.82) is 0 Å². The molecule has 0 unspecified atom stereocenters. The first-order valence-electron chi connectivity index (χ1n) is 4.30. The van der Waals surface area contributed by atoms with Crippen LogP contribution in [-0.4, -0.2) is 13.7 Å². The van der Waals surface area contributed by atoms with E-state index >= 15 is 0 Å². The van der Waals surface area contributed by atoms with Gasteiger partial charge in [-0.1, -0.05) is 0 Å². The molecular formula is C9H14BrNOS. The van der Waals surface area contributed by atoms with Crippen molar-refractivity contribution < 1.29 is 4.74 Å². The molecule has 0 bridgehead atoms. The zero-order valence-corrected chi connectivity index (χ0v) is 10.1. The maximum atomic E-state index is 5.42. The van der Waals surface area contributed by atoms with Gasteiger partial charge in [0.15, 0.2) is 5.06 Å². The Bertz CT molecular complexity index is 262. The van der Waals surface area contributed by atoms with E-state index in [0.717, 1.165) is 35.3 Å². The maximum Gasteiger partial charge on any atom is 0.188 e. The number of nitrogens with two attached hydrogens (primary N) is 1. The fourth-order valence-electron chi connectivity index (χ4n) is 1.10. The molecule has 0 aromatic carbocycles. The summed E-state index contributed by atoms with van der Waals surface area (Å²) in [6.45, 7) is 0.781. The summed E-state index contributed by atoms with van der Waals surface area (Å²) in [7, 11) is 1.69. The lowest BCUT2D eigenvalue weighted by Crippen LogP contribution is -1.98. The Balaban J connectivity index is 2.48. The highest BCUT2D eigenvalue weighted by Crippen LogP contribution is 2.35. The molecule has 0 fully saturated rings. The summed E-state index contributed by atoms with van der Waals surface area (Å²) in [5.74, 6) is 0. The van der Waals surface area contributed by atoms with Crippen LogP contribution >= 0.6 is 27.3 Å². The number of thiophene rings is 1. The van der Waals surface area contributed by atoms with Crippen molar-refractivity contribution in [2.45, 2.75) is 19.3 Å². The van der Waals surface area contributed by atoms with Crippen molar-refractivity contribution in [3.63, 3.8) is 0 Å². The van der Waals surface area contributed by atoms with Gasteiger partial charge in [0, 0.05) is 4.88 Å². The molecule has 74 valence electrons. The van der Waals surface area contributed by atoms with Gasteiger partial charge in [0.05, 0.1) is 11.6 Å². The highest BCUT2D eigenvalue weighted by molar-refractivity contribution is 9.10. The molecule has 1 heterocycles. The number of methoxy groups -OCH3 is 1. The first-order valence-corrected chi connectivity index (χ1v) is 5.91. The third kappa shape index (κ3) is 3.29. The molecule has 0 aliphatic carbocycles. The van der Waals surface area contributed by atoms with Crippen molar-refractivity contribution >= 4 is 27.3 Å². The van der Waals surface area contributed by atoms with Gasteiger partial charge in [-0.25, -0.2) is 0 Å². The fraction of sp³-hybridized carbons (Fsp3) is 0.556. The van der Waals surface area contributed by atoms with E-state index in [1.54, 1.807) is 18.4 Å². The monoisotopic (exact) mass is 263 g/mol. The predicted molar refractivity (Wildman–Crippen MR) is 60.6 cm³/mol.